The molecule has 0 bridgehead atoms. The Morgan fingerprint density at radius 2 is 1.86 bits per heavy atom. The van der Waals surface area contributed by atoms with Gasteiger partial charge in [0, 0.05) is 19.2 Å². The van der Waals surface area contributed by atoms with Crippen LogP contribution >= 0.6 is 0 Å². The number of benzene rings is 1. The van der Waals surface area contributed by atoms with E-state index in [1.807, 2.05) is 35.2 Å². The molecule has 1 saturated heterocycles. The lowest BCUT2D eigenvalue weighted by atomic mass is 10.1. The number of hydrogen-bond donors (Lipinski definition) is 0. The molecule has 1 aromatic carbocycles. The van der Waals surface area contributed by atoms with Gasteiger partial charge in [0.1, 0.15) is 0 Å². The van der Waals surface area contributed by atoms with E-state index in [-0.39, 0.29) is 5.91 Å². The number of aromatic nitrogens is 2. The molecule has 0 N–H and O–H groups in total. The van der Waals surface area contributed by atoms with E-state index in [4.69, 9.17) is 4.74 Å². The summed E-state index contributed by atoms with van der Waals surface area (Å²) in [6.45, 7) is 1.64. The average molecular weight is 285 g/mol. The number of hydrogen-bond acceptors (Lipinski definition) is 3. The zero-order valence-corrected chi connectivity index (χ0v) is 12.2. The summed E-state index contributed by atoms with van der Waals surface area (Å²) in [5.74, 6) is 0.559. The highest BCUT2D eigenvalue weighted by Crippen LogP contribution is 2.21. The Morgan fingerprint density at radius 1 is 1.14 bits per heavy atom. The number of para-hydroxylation sites is 1. The fourth-order valence-corrected chi connectivity index (χ4v) is 2.63. The van der Waals surface area contributed by atoms with E-state index < -0.39 is 0 Å². The minimum absolute atomic E-state index is 0.0114. The molecule has 1 aromatic heterocycles. The third-order valence-corrected chi connectivity index (χ3v) is 3.75. The number of carbonyl (C=O) groups is 1. The van der Waals surface area contributed by atoms with Gasteiger partial charge >= 0.3 is 0 Å². The van der Waals surface area contributed by atoms with Gasteiger partial charge in [-0.05, 0) is 31.4 Å². The second kappa shape index (κ2) is 5.99. The Morgan fingerprint density at radius 3 is 2.52 bits per heavy atom. The minimum atomic E-state index is -0.0114. The van der Waals surface area contributed by atoms with Crippen LogP contribution in [0.2, 0.25) is 0 Å². The van der Waals surface area contributed by atoms with Gasteiger partial charge in [-0.25, -0.2) is 4.68 Å². The Hall–Kier alpha value is -2.30. The highest BCUT2D eigenvalue weighted by atomic mass is 16.5. The van der Waals surface area contributed by atoms with Crippen molar-refractivity contribution in [2.45, 2.75) is 19.3 Å². The summed E-state index contributed by atoms with van der Waals surface area (Å²) in [6, 6.07) is 11.4. The highest BCUT2D eigenvalue weighted by Gasteiger charge is 2.22. The van der Waals surface area contributed by atoms with Gasteiger partial charge in [0.05, 0.1) is 12.8 Å². The second-order valence-electron chi connectivity index (χ2n) is 5.17. The zero-order chi connectivity index (χ0) is 14.7. The maximum absolute atomic E-state index is 12.5. The average Bonchev–Trinajstić information content (AvgIpc) is 3.00. The molecule has 0 atom stereocenters. The topological polar surface area (TPSA) is 47.4 Å². The monoisotopic (exact) mass is 285 g/mol. The molecule has 21 heavy (non-hydrogen) atoms. The van der Waals surface area contributed by atoms with Gasteiger partial charge in [0.2, 0.25) is 5.88 Å². The molecule has 0 radical (unpaired) electrons. The van der Waals surface area contributed by atoms with Gasteiger partial charge in [-0.2, -0.15) is 5.10 Å². The molecule has 0 aliphatic carbocycles. The van der Waals surface area contributed by atoms with Crippen molar-refractivity contribution in [1.82, 2.24) is 14.7 Å². The molecule has 0 spiro atoms. The summed E-state index contributed by atoms with van der Waals surface area (Å²) in [6.07, 6.45) is 3.34. The van der Waals surface area contributed by atoms with Gasteiger partial charge in [0.15, 0.2) is 5.69 Å². The number of methoxy groups -OCH3 is 1. The predicted molar refractivity (Wildman–Crippen MR) is 79.9 cm³/mol. The van der Waals surface area contributed by atoms with E-state index >= 15 is 0 Å². The van der Waals surface area contributed by atoms with Crippen molar-refractivity contribution in [2.75, 3.05) is 20.2 Å². The van der Waals surface area contributed by atoms with Gasteiger partial charge in [0.25, 0.3) is 5.91 Å². The maximum Gasteiger partial charge on any atom is 0.274 e. The van der Waals surface area contributed by atoms with E-state index in [1.165, 1.54) is 6.42 Å². The molecule has 3 rings (SSSR count). The maximum atomic E-state index is 12.5. The number of ether oxygens (including phenoxy) is 1. The largest absolute Gasteiger partial charge is 0.481 e. The molecule has 0 unspecified atom stereocenters. The van der Waals surface area contributed by atoms with Crippen molar-refractivity contribution in [1.29, 1.82) is 0 Å². The number of piperidine rings is 1. The van der Waals surface area contributed by atoms with E-state index in [0.717, 1.165) is 31.6 Å². The van der Waals surface area contributed by atoms with Crippen LogP contribution in [-0.4, -0.2) is 40.8 Å². The molecule has 5 heteroatoms. The summed E-state index contributed by atoms with van der Waals surface area (Å²) >= 11 is 0. The fourth-order valence-electron chi connectivity index (χ4n) is 2.63. The summed E-state index contributed by atoms with van der Waals surface area (Å²) < 4.78 is 7.01. The summed E-state index contributed by atoms with van der Waals surface area (Å²) in [5.41, 5.74) is 1.32. The van der Waals surface area contributed by atoms with Gasteiger partial charge < -0.3 is 9.64 Å². The first-order chi connectivity index (χ1) is 10.3. The molecule has 0 saturated carbocycles. The number of amides is 1. The van der Waals surface area contributed by atoms with Crippen LogP contribution in [0.25, 0.3) is 5.69 Å². The smallest absolute Gasteiger partial charge is 0.274 e. The van der Waals surface area contributed by atoms with E-state index in [0.29, 0.717) is 11.6 Å². The third kappa shape index (κ3) is 2.77. The fraction of sp³-hybridized carbons (Fsp3) is 0.375. The third-order valence-electron chi connectivity index (χ3n) is 3.75. The van der Waals surface area contributed by atoms with Crippen molar-refractivity contribution >= 4 is 5.91 Å². The summed E-state index contributed by atoms with van der Waals surface area (Å²) in [7, 11) is 1.59. The molecule has 5 nitrogen and oxygen atoms in total. The van der Waals surface area contributed by atoms with Crippen LogP contribution in [-0.2, 0) is 0 Å². The van der Waals surface area contributed by atoms with E-state index in [2.05, 4.69) is 5.10 Å². The lowest BCUT2D eigenvalue weighted by Crippen LogP contribution is -2.35. The summed E-state index contributed by atoms with van der Waals surface area (Å²) in [4.78, 5) is 14.4. The van der Waals surface area contributed by atoms with Crippen molar-refractivity contribution in [3.63, 3.8) is 0 Å². The van der Waals surface area contributed by atoms with Crippen molar-refractivity contribution in [3.8, 4) is 11.6 Å². The van der Waals surface area contributed by atoms with Crippen LogP contribution in [0.1, 0.15) is 29.8 Å². The molecule has 110 valence electrons. The molecule has 2 aromatic rings. The standard InChI is InChI=1S/C16H19N3O2/c1-21-15-12-14(16(20)18-10-6-3-7-11-18)17-19(15)13-8-4-2-5-9-13/h2,4-5,8-9,12H,3,6-7,10-11H2,1H3. The number of likely N-dealkylation sites (tertiary alicyclic amines) is 1. The number of nitrogens with zero attached hydrogens (tertiary/aromatic N) is 3. The van der Waals surface area contributed by atoms with Gasteiger partial charge in [-0.15, -0.1) is 0 Å². The van der Waals surface area contributed by atoms with E-state index in [1.54, 1.807) is 17.9 Å². The Balaban J connectivity index is 1.90. The van der Waals surface area contributed by atoms with Gasteiger partial charge in [-0.1, -0.05) is 18.2 Å². The van der Waals surface area contributed by atoms with Crippen LogP contribution in [0.5, 0.6) is 5.88 Å². The Bertz CT molecular complexity index is 616. The van der Waals surface area contributed by atoms with Crippen LogP contribution in [0.3, 0.4) is 0 Å². The normalized spacial score (nSPS) is 15.0. The summed E-state index contributed by atoms with van der Waals surface area (Å²) in [5, 5.41) is 4.43. The number of rotatable bonds is 3. The molecule has 1 aliphatic heterocycles. The molecular weight excluding hydrogens is 266 g/mol. The van der Waals surface area contributed by atoms with Crippen LogP contribution < -0.4 is 4.74 Å². The first-order valence-electron chi connectivity index (χ1n) is 7.28. The second-order valence-corrected chi connectivity index (χ2v) is 5.17. The number of carbonyl (C=O) groups excluding carboxylic acids is 1. The van der Waals surface area contributed by atoms with Crippen LogP contribution in [0, 0.1) is 0 Å². The zero-order valence-electron chi connectivity index (χ0n) is 12.2. The molecule has 1 amide bonds. The molecule has 1 fully saturated rings. The van der Waals surface area contributed by atoms with Crippen molar-refractivity contribution in [3.05, 3.63) is 42.1 Å². The van der Waals surface area contributed by atoms with E-state index in [9.17, 15) is 4.79 Å². The minimum Gasteiger partial charge on any atom is -0.481 e. The SMILES string of the molecule is COc1cc(C(=O)N2CCCCC2)nn1-c1ccccc1. The first kappa shape index (κ1) is 13.7. The Kier molecular flexibility index (Phi) is 3.90. The molecule has 2 heterocycles. The Labute approximate surface area is 124 Å². The molecular formula is C16H19N3O2. The van der Waals surface area contributed by atoms with Gasteiger partial charge in [-0.3, -0.25) is 4.79 Å². The predicted octanol–water partition coefficient (Wildman–Crippen LogP) is 2.51. The quantitative estimate of drug-likeness (QED) is 0.870. The van der Waals surface area contributed by atoms with Crippen molar-refractivity contribution < 1.29 is 9.53 Å². The highest BCUT2D eigenvalue weighted by molar-refractivity contribution is 5.92. The molecule has 1 aliphatic rings. The van der Waals surface area contributed by atoms with Crippen molar-refractivity contribution in [2.24, 2.45) is 0 Å². The first-order valence-corrected chi connectivity index (χ1v) is 7.28. The van der Waals surface area contributed by atoms with Crippen LogP contribution in [0.4, 0.5) is 0 Å². The lowest BCUT2D eigenvalue weighted by molar-refractivity contribution is 0.0718. The lowest BCUT2D eigenvalue weighted by Gasteiger charge is -2.25. The van der Waals surface area contributed by atoms with Crippen LogP contribution in [0.15, 0.2) is 36.4 Å².